The molecule has 4 N–H and O–H groups in total. The molecule has 0 spiro atoms. The topological polar surface area (TPSA) is 90.5 Å². The molecule has 0 atom stereocenters. The van der Waals surface area contributed by atoms with Crippen LogP contribution in [0.3, 0.4) is 0 Å². The summed E-state index contributed by atoms with van der Waals surface area (Å²) in [5.74, 6) is -0.820. The van der Waals surface area contributed by atoms with Gasteiger partial charge in [-0.25, -0.2) is 0 Å². The molecule has 92 valence electrons. The summed E-state index contributed by atoms with van der Waals surface area (Å²) in [4.78, 5) is 21.8. The minimum Gasteiger partial charge on any atom is -0.481 e. The van der Waals surface area contributed by atoms with Gasteiger partial charge >= 0.3 is 5.97 Å². The third kappa shape index (κ3) is 3.79. The van der Waals surface area contributed by atoms with Gasteiger partial charge in [0.25, 0.3) is 0 Å². The molecule has 16 heavy (non-hydrogen) atoms. The molecular formula is C10H19N3O3. The summed E-state index contributed by atoms with van der Waals surface area (Å²) in [6.45, 7) is 4.30. The number of carboxylic acids is 1. The summed E-state index contributed by atoms with van der Waals surface area (Å²) in [6.07, 6.45) is 0.477. The van der Waals surface area contributed by atoms with Crippen molar-refractivity contribution < 1.29 is 14.7 Å². The average Bonchev–Trinajstić information content (AvgIpc) is 2.13. The molecule has 6 nitrogen and oxygen atoms in total. The molecule has 0 radical (unpaired) electrons. The van der Waals surface area contributed by atoms with Gasteiger partial charge in [-0.15, -0.1) is 0 Å². The van der Waals surface area contributed by atoms with Crippen molar-refractivity contribution in [3.8, 4) is 0 Å². The highest BCUT2D eigenvalue weighted by molar-refractivity contribution is 5.76. The van der Waals surface area contributed by atoms with Crippen molar-refractivity contribution >= 4 is 11.9 Å². The molecule has 1 aliphatic heterocycles. The largest absolute Gasteiger partial charge is 0.481 e. The van der Waals surface area contributed by atoms with Crippen molar-refractivity contribution in [1.82, 2.24) is 16.0 Å². The first-order valence-electron chi connectivity index (χ1n) is 5.52. The minimum atomic E-state index is -0.813. The van der Waals surface area contributed by atoms with Crippen LogP contribution >= 0.6 is 0 Å². The van der Waals surface area contributed by atoms with E-state index >= 15 is 0 Å². The minimum absolute atomic E-state index is 0.00671. The van der Waals surface area contributed by atoms with Crippen LogP contribution in [0.25, 0.3) is 0 Å². The number of carbonyl (C=O) groups is 2. The SMILES string of the molecule is CCNC(=O)CCNC1(CC(=O)O)CNC1. The standard InChI is InChI=1S/C10H19N3O3/c1-2-12-8(14)3-4-13-10(5-9(15)16)6-11-7-10/h11,13H,2-7H2,1H3,(H,12,14)(H,15,16). The van der Waals surface area contributed by atoms with Crippen molar-refractivity contribution in [2.24, 2.45) is 0 Å². The second-order valence-electron chi connectivity index (χ2n) is 4.08. The molecule has 0 aromatic carbocycles. The van der Waals surface area contributed by atoms with Gasteiger partial charge in [-0.05, 0) is 6.92 Å². The third-order valence-corrected chi connectivity index (χ3v) is 2.64. The van der Waals surface area contributed by atoms with E-state index in [0.29, 0.717) is 32.6 Å². The molecule has 0 aromatic heterocycles. The van der Waals surface area contributed by atoms with Gasteiger partial charge in [0, 0.05) is 32.6 Å². The number of hydrogen-bond acceptors (Lipinski definition) is 4. The Balaban J connectivity index is 2.24. The Morgan fingerprint density at radius 3 is 2.56 bits per heavy atom. The Bertz CT molecular complexity index is 264. The number of carboxylic acid groups (broad SMARTS) is 1. The molecule has 1 amide bonds. The fourth-order valence-electron chi connectivity index (χ4n) is 1.76. The summed E-state index contributed by atoms with van der Waals surface area (Å²) < 4.78 is 0. The van der Waals surface area contributed by atoms with Gasteiger partial charge in [0.05, 0.1) is 12.0 Å². The molecule has 6 heteroatoms. The van der Waals surface area contributed by atoms with E-state index in [0.717, 1.165) is 0 Å². The highest BCUT2D eigenvalue weighted by Crippen LogP contribution is 2.15. The number of aliphatic carboxylic acids is 1. The van der Waals surface area contributed by atoms with Crippen LogP contribution in [0.2, 0.25) is 0 Å². The van der Waals surface area contributed by atoms with Gasteiger partial charge in [-0.1, -0.05) is 0 Å². The van der Waals surface area contributed by atoms with Crippen LogP contribution in [0, 0.1) is 0 Å². The summed E-state index contributed by atoms with van der Waals surface area (Å²) in [7, 11) is 0. The molecule has 1 aliphatic rings. The van der Waals surface area contributed by atoms with Gasteiger partial charge in [0.1, 0.15) is 0 Å². The first kappa shape index (κ1) is 12.9. The van der Waals surface area contributed by atoms with Gasteiger partial charge in [0.2, 0.25) is 5.91 Å². The van der Waals surface area contributed by atoms with E-state index in [1.807, 2.05) is 6.92 Å². The first-order valence-corrected chi connectivity index (χ1v) is 5.52. The number of amides is 1. The van der Waals surface area contributed by atoms with E-state index < -0.39 is 5.97 Å². The summed E-state index contributed by atoms with van der Waals surface area (Å²) >= 11 is 0. The first-order chi connectivity index (χ1) is 7.58. The molecule has 0 unspecified atom stereocenters. The molecule has 0 bridgehead atoms. The highest BCUT2D eigenvalue weighted by atomic mass is 16.4. The molecule has 0 saturated carbocycles. The predicted molar refractivity (Wildman–Crippen MR) is 59.2 cm³/mol. The van der Waals surface area contributed by atoms with E-state index in [1.54, 1.807) is 0 Å². The third-order valence-electron chi connectivity index (χ3n) is 2.64. The van der Waals surface area contributed by atoms with Gasteiger partial charge < -0.3 is 21.1 Å². The Labute approximate surface area is 94.8 Å². The monoisotopic (exact) mass is 229 g/mol. The molecule has 1 rings (SSSR count). The maximum absolute atomic E-state index is 11.2. The van der Waals surface area contributed by atoms with Crippen molar-refractivity contribution in [3.63, 3.8) is 0 Å². The van der Waals surface area contributed by atoms with Crippen LogP contribution in [0.5, 0.6) is 0 Å². The average molecular weight is 229 g/mol. The number of carbonyl (C=O) groups excluding carboxylic acids is 1. The quantitative estimate of drug-likeness (QED) is 0.446. The maximum atomic E-state index is 11.2. The maximum Gasteiger partial charge on any atom is 0.305 e. The van der Waals surface area contributed by atoms with Crippen LogP contribution in [0.1, 0.15) is 19.8 Å². The number of rotatable bonds is 7. The van der Waals surface area contributed by atoms with E-state index in [1.165, 1.54) is 0 Å². The van der Waals surface area contributed by atoms with Crippen molar-refractivity contribution in [2.45, 2.75) is 25.3 Å². The van der Waals surface area contributed by atoms with Gasteiger partial charge in [0.15, 0.2) is 0 Å². The Hall–Kier alpha value is -1.14. The van der Waals surface area contributed by atoms with Crippen molar-refractivity contribution in [3.05, 3.63) is 0 Å². The second kappa shape index (κ2) is 5.81. The van der Waals surface area contributed by atoms with E-state index in [2.05, 4.69) is 16.0 Å². The Morgan fingerprint density at radius 1 is 1.44 bits per heavy atom. The summed E-state index contributed by atoms with van der Waals surface area (Å²) in [5, 5.41) is 17.7. The summed E-state index contributed by atoms with van der Waals surface area (Å²) in [6, 6.07) is 0. The van der Waals surface area contributed by atoms with Crippen molar-refractivity contribution in [2.75, 3.05) is 26.2 Å². The fourth-order valence-corrected chi connectivity index (χ4v) is 1.76. The van der Waals surface area contributed by atoms with E-state index in [4.69, 9.17) is 5.11 Å². The van der Waals surface area contributed by atoms with Crippen LogP contribution in [0.4, 0.5) is 0 Å². The lowest BCUT2D eigenvalue weighted by Gasteiger charge is -2.42. The smallest absolute Gasteiger partial charge is 0.305 e. The van der Waals surface area contributed by atoms with E-state index in [-0.39, 0.29) is 17.9 Å². The lowest BCUT2D eigenvalue weighted by atomic mass is 9.88. The fraction of sp³-hybridized carbons (Fsp3) is 0.800. The zero-order valence-corrected chi connectivity index (χ0v) is 9.51. The summed E-state index contributed by atoms with van der Waals surface area (Å²) in [5.41, 5.74) is -0.363. The lowest BCUT2D eigenvalue weighted by Crippen LogP contribution is -2.68. The molecule has 0 aromatic rings. The van der Waals surface area contributed by atoms with E-state index in [9.17, 15) is 9.59 Å². The molecular weight excluding hydrogens is 210 g/mol. The zero-order chi connectivity index (χ0) is 12.0. The Morgan fingerprint density at radius 2 is 2.12 bits per heavy atom. The molecule has 1 saturated heterocycles. The Kier molecular flexibility index (Phi) is 4.70. The van der Waals surface area contributed by atoms with Crippen LogP contribution in [-0.2, 0) is 9.59 Å². The van der Waals surface area contributed by atoms with Crippen LogP contribution in [-0.4, -0.2) is 48.7 Å². The highest BCUT2D eigenvalue weighted by Gasteiger charge is 2.38. The molecule has 1 fully saturated rings. The number of nitrogens with one attached hydrogen (secondary N) is 3. The van der Waals surface area contributed by atoms with Gasteiger partial charge in [-0.3, -0.25) is 9.59 Å². The lowest BCUT2D eigenvalue weighted by molar-refractivity contribution is -0.139. The van der Waals surface area contributed by atoms with Crippen molar-refractivity contribution in [1.29, 1.82) is 0 Å². The number of hydrogen-bond donors (Lipinski definition) is 4. The van der Waals surface area contributed by atoms with Gasteiger partial charge in [-0.2, -0.15) is 0 Å². The normalized spacial score (nSPS) is 17.6. The molecule has 0 aliphatic carbocycles. The zero-order valence-electron chi connectivity index (χ0n) is 9.51. The predicted octanol–water partition coefficient (Wildman–Crippen LogP) is -1.08. The second-order valence-corrected chi connectivity index (χ2v) is 4.08. The van der Waals surface area contributed by atoms with Crippen LogP contribution < -0.4 is 16.0 Å². The van der Waals surface area contributed by atoms with Crippen LogP contribution in [0.15, 0.2) is 0 Å². The molecule has 1 heterocycles.